The number of piperidine rings is 1. The van der Waals surface area contributed by atoms with Crippen molar-refractivity contribution in [1.29, 1.82) is 0 Å². The first kappa shape index (κ1) is 16.7. The van der Waals surface area contributed by atoms with Gasteiger partial charge in [-0.25, -0.2) is 0 Å². The van der Waals surface area contributed by atoms with Crippen LogP contribution in [0.5, 0.6) is 0 Å². The second kappa shape index (κ2) is 7.19. The van der Waals surface area contributed by atoms with Crippen LogP contribution in [0.3, 0.4) is 0 Å². The summed E-state index contributed by atoms with van der Waals surface area (Å²) in [5.41, 5.74) is 5.29. The standard InChI is InChI=1S/C12H24N2O2.ClH/c1-3-6-12(2,13)11(16)14-7-4-5-10(8-14)9-15;/h10,15H,3-9,13H2,1-2H3;1H. The highest BCUT2D eigenvalue weighted by atomic mass is 35.5. The third kappa shape index (κ3) is 4.45. The molecule has 1 amide bonds. The molecule has 1 saturated heterocycles. The van der Waals surface area contributed by atoms with E-state index in [0.717, 1.165) is 25.8 Å². The predicted octanol–water partition coefficient (Wildman–Crippen LogP) is 1.16. The molecule has 1 aliphatic rings. The number of amides is 1. The maximum Gasteiger partial charge on any atom is 0.242 e. The molecule has 17 heavy (non-hydrogen) atoms. The van der Waals surface area contributed by atoms with Gasteiger partial charge >= 0.3 is 0 Å². The number of carbonyl (C=O) groups excluding carboxylic acids is 1. The van der Waals surface area contributed by atoms with Gasteiger partial charge < -0.3 is 15.7 Å². The zero-order valence-electron chi connectivity index (χ0n) is 10.8. The molecule has 0 radical (unpaired) electrons. The summed E-state index contributed by atoms with van der Waals surface area (Å²) >= 11 is 0. The smallest absolute Gasteiger partial charge is 0.242 e. The molecule has 1 aliphatic heterocycles. The summed E-state index contributed by atoms with van der Waals surface area (Å²) in [5, 5.41) is 9.13. The van der Waals surface area contributed by atoms with Crippen molar-refractivity contribution in [2.75, 3.05) is 19.7 Å². The Bertz CT molecular complexity index is 247. The Kier molecular flexibility index (Phi) is 7.05. The summed E-state index contributed by atoms with van der Waals surface area (Å²) in [6.07, 6.45) is 3.61. The Hall–Kier alpha value is -0.320. The molecule has 1 heterocycles. The second-order valence-electron chi connectivity index (χ2n) is 5.11. The van der Waals surface area contributed by atoms with Gasteiger partial charge in [0.1, 0.15) is 0 Å². The van der Waals surface area contributed by atoms with Gasteiger partial charge in [-0.05, 0) is 32.1 Å². The first-order valence-electron chi connectivity index (χ1n) is 6.20. The van der Waals surface area contributed by atoms with Crippen LogP contribution in [0, 0.1) is 5.92 Å². The average molecular weight is 265 g/mol. The van der Waals surface area contributed by atoms with Gasteiger partial charge in [0.05, 0.1) is 5.54 Å². The summed E-state index contributed by atoms with van der Waals surface area (Å²) < 4.78 is 0. The lowest BCUT2D eigenvalue weighted by Crippen LogP contribution is -2.55. The summed E-state index contributed by atoms with van der Waals surface area (Å²) in [6, 6.07) is 0. The largest absolute Gasteiger partial charge is 0.396 e. The van der Waals surface area contributed by atoms with Crippen LogP contribution in [-0.4, -0.2) is 41.1 Å². The Morgan fingerprint density at radius 2 is 2.24 bits per heavy atom. The molecule has 2 atom stereocenters. The van der Waals surface area contributed by atoms with Crippen molar-refractivity contribution < 1.29 is 9.90 Å². The molecule has 0 spiro atoms. The lowest BCUT2D eigenvalue weighted by atomic mass is 9.92. The highest BCUT2D eigenvalue weighted by Crippen LogP contribution is 2.20. The number of halogens is 1. The molecule has 1 fully saturated rings. The highest BCUT2D eigenvalue weighted by Gasteiger charge is 2.34. The molecule has 0 aromatic rings. The van der Waals surface area contributed by atoms with E-state index >= 15 is 0 Å². The number of aliphatic hydroxyl groups excluding tert-OH is 1. The van der Waals surface area contributed by atoms with E-state index in [4.69, 9.17) is 10.8 Å². The molecule has 102 valence electrons. The third-order valence-corrected chi connectivity index (χ3v) is 3.32. The zero-order chi connectivity index (χ0) is 12.2. The number of hydrogen-bond donors (Lipinski definition) is 2. The van der Waals surface area contributed by atoms with Crippen molar-refractivity contribution in [3.8, 4) is 0 Å². The first-order valence-corrected chi connectivity index (χ1v) is 6.20. The summed E-state index contributed by atoms with van der Waals surface area (Å²) in [5.74, 6) is 0.266. The van der Waals surface area contributed by atoms with Gasteiger partial charge in [-0.15, -0.1) is 12.4 Å². The number of nitrogens with two attached hydrogens (primary N) is 1. The van der Waals surface area contributed by atoms with Crippen LogP contribution < -0.4 is 5.73 Å². The van der Waals surface area contributed by atoms with Crippen LogP contribution in [0.25, 0.3) is 0 Å². The normalized spacial score (nSPS) is 23.8. The number of nitrogens with zero attached hydrogens (tertiary/aromatic N) is 1. The zero-order valence-corrected chi connectivity index (χ0v) is 11.6. The Morgan fingerprint density at radius 1 is 1.59 bits per heavy atom. The fourth-order valence-corrected chi connectivity index (χ4v) is 2.39. The Morgan fingerprint density at radius 3 is 2.76 bits per heavy atom. The minimum Gasteiger partial charge on any atom is -0.396 e. The molecule has 3 N–H and O–H groups in total. The second-order valence-corrected chi connectivity index (χ2v) is 5.11. The lowest BCUT2D eigenvalue weighted by Gasteiger charge is -2.37. The molecule has 0 aliphatic carbocycles. The Balaban J connectivity index is 0.00000256. The lowest BCUT2D eigenvalue weighted by molar-refractivity contribution is -0.138. The van der Waals surface area contributed by atoms with E-state index < -0.39 is 5.54 Å². The quantitative estimate of drug-likeness (QED) is 0.801. The monoisotopic (exact) mass is 264 g/mol. The van der Waals surface area contributed by atoms with Crippen LogP contribution in [-0.2, 0) is 4.79 Å². The maximum atomic E-state index is 12.2. The van der Waals surface area contributed by atoms with Gasteiger partial charge in [-0.1, -0.05) is 13.3 Å². The summed E-state index contributed by atoms with van der Waals surface area (Å²) in [7, 11) is 0. The van der Waals surface area contributed by atoms with E-state index in [9.17, 15) is 4.79 Å². The van der Waals surface area contributed by atoms with Gasteiger partial charge in [-0.3, -0.25) is 4.79 Å². The van der Waals surface area contributed by atoms with Crippen molar-refractivity contribution in [2.45, 2.75) is 45.1 Å². The SMILES string of the molecule is CCCC(C)(N)C(=O)N1CCCC(CO)C1.Cl. The third-order valence-electron chi connectivity index (χ3n) is 3.32. The van der Waals surface area contributed by atoms with Crippen molar-refractivity contribution in [3.63, 3.8) is 0 Å². The van der Waals surface area contributed by atoms with Gasteiger partial charge in [0.15, 0.2) is 0 Å². The number of carbonyl (C=O) groups is 1. The number of rotatable bonds is 4. The van der Waals surface area contributed by atoms with Crippen molar-refractivity contribution in [2.24, 2.45) is 11.7 Å². The van der Waals surface area contributed by atoms with E-state index in [0.29, 0.717) is 13.0 Å². The molecule has 0 aromatic carbocycles. The molecule has 0 aromatic heterocycles. The minimum atomic E-state index is -0.744. The van der Waals surface area contributed by atoms with Gasteiger partial charge in [0.25, 0.3) is 0 Å². The highest BCUT2D eigenvalue weighted by molar-refractivity contribution is 5.86. The average Bonchev–Trinajstić information content (AvgIpc) is 2.28. The van der Waals surface area contributed by atoms with Gasteiger partial charge in [0, 0.05) is 19.7 Å². The molecular weight excluding hydrogens is 240 g/mol. The van der Waals surface area contributed by atoms with E-state index in [1.54, 1.807) is 6.92 Å². The van der Waals surface area contributed by atoms with E-state index in [1.807, 2.05) is 11.8 Å². The molecular formula is C12H25ClN2O2. The molecule has 2 unspecified atom stereocenters. The number of hydrogen-bond acceptors (Lipinski definition) is 3. The van der Waals surface area contributed by atoms with Gasteiger partial charge in [-0.2, -0.15) is 0 Å². The van der Waals surface area contributed by atoms with Crippen LogP contribution in [0.2, 0.25) is 0 Å². The molecule has 4 nitrogen and oxygen atoms in total. The Labute approximate surface area is 110 Å². The minimum absolute atomic E-state index is 0. The number of likely N-dealkylation sites (tertiary alicyclic amines) is 1. The fourth-order valence-electron chi connectivity index (χ4n) is 2.39. The van der Waals surface area contributed by atoms with E-state index in [2.05, 4.69) is 0 Å². The summed E-state index contributed by atoms with van der Waals surface area (Å²) in [4.78, 5) is 14.0. The number of aliphatic hydroxyl groups is 1. The predicted molar refractivity (Wildman–Crippen MR) is 71.1 cm³/mol. The maximum absolute atomic E-state index is 12.2. The fraction of sp³-hybridized carbons (Fsp3) is 0.917. The molecule has 1 rings (SSSR count). The van der Waals surface area contributed by atoms with Crippen LogP contribution in [0.15, 0.2) is 0 Å². The van der Waals surface area contributed by atoms with E-state index in [1.165, 1.54) is 0 Å². The molecule has 5 heteroatoms. The van der Waals surface area contributed by atoms with Crippen molar-refractivity contribution >= 4 is 18.3 Å². The molecule has 0 saturated carbocycles. The van der Waals surface area contributed by atoms with Gasteiger partial charge in [0.2, 0.25) is 5.91 Å². The molecule has 0 bridgehead atoms. The van der Waals surface area contributed by atoms with Crippen molar-refractivity contribution in [1.82, 2.24) is 4.90 Å². The topological polar surface area (TPSA) is 66.6 Å². The summed E-state index contributed by atoms with van der Waals surface area (Å²) in [6.45, 7) is 5.45. The van der Waals surface area contributed by atoms with Crippen molar-refractivity contribution in [3.05, 3.63) is 0 Å². The first-order chi connectivity index (χ1) is 7.51. The van der Waals surface area contributed by atoms with Crippen LogP contribution in [0.1, 0.15) is 39.5 Å². The van der Waals surface area contributed by atoms with Crippen LogP contribution >= 0.6 is 12.4 Å². The van der Waals surface area contributed by atoms with E-state index in [-0.39, 0.29) is 30.8 Å². The van der Waals surface area contributed by atoms with Crippen LogP contribution in [0.4, 0.5) is 0 Å².